The third-order valence-corrected chi connectivity index (χ3v) is 4.50. The van der Waals surface area contributed by atoms with E-state index in [2.05, 4.69) is 25.8 Å². The van der Waals surface area contributed by atoms with Gasteiger partial charge in [0.15, 0.2) is 6.10 Å². The van der Waals surface area contributed by atoms with Crippen LogP contribution < -0.4 is 0 Å². The third kappa shape index (κ3) is 4.22. The Kier molecular flexibility index (Phi) is 5.08. The summed E-state index contributed by atoms with van der Waals surface area (Å²) in [6.07, 6.45) is -0.883. The fourth-order valence-corrected chi connectivity index (χ4v) is 2.82. The summed E-state index contributed by atoms with van der Waals surface area (Å²) < 4.78 is 5.35. The number of aromatic nitrogens is 1. The topological polar surface area (TPSA) is 56.3 Å². The molecule has 0 saturated carbocycles. The van der Waals surface area contributed by atoms with Crippen LogP contribution in [0.1, 0.15) is 54.1 Å². The number of hydrogen-bond donors (Lipinski definition) is 0. The zero-order valence-corrected chi connectivity index (χ0v) is 16.0. The minimum Gasteiger partial charge on any atom is -0.450 e. The highest BCUT2D eigenvalue weighted by Crippen LogP contribution is 2.23. The lowest BCUT2D eigenvalue weighted by Gasteiger charge is -2.19. The second-order valence-electron chi connectivity index (χ2n) is 7.63. The van der Waals surface area contributed by atoms with Crippen molar-refractivity contribution in [3.63, 3.8) is 0 Å². The van der Waals surface area contributed by atoms with Crippen molar-refractivity contribution in [2.24, 2.45) is 0 Å². The maximum Gasteiger partial charge on any atom is 0.357 e. The molecular formula is C23H23NO3. The molecule has 1 aromatic heterocycles. The number of ketones is 1. The number of Topliss-reactive ketones (excluding diaryl/α,β-unsaturated/α-hetero) is 1. The normalized spacial score (nSPS) is 12.6. The number of carbonyl (C=O) groups is 2. The van der Waals surface area contributed by atoms with Crippen LogP contribution >= 0.6 is 0 Å². The van der Waals surface area contributed by atoms with Gasteiger partial charge in [-0.2, -0.15) is 0 Å². The summed E-state index contributed by atoms with van der Waals surface area (Å²) in [5, 5.41) is 0.942. The number of nitrogens with zero attached hydrogens (tertiary/aromatic N) is 1. The molecule has 4 heteroatoms. The van der Waals surface area contributed by atoms with Crippen molar-refractivity contribution < 1.29 is 14.3 Å². The molecule has 27 heavy (non-hydrogen) atoms. The van der Waals surface area contributed by atoms with Gasteiger partial charge in [-0.15, -0.1) is 0 Å². The van der Waals surface area contributed by atoms with Gasteiger partial charge in [0.05, 0.1) is 5.52 Å². The average molecular weight is 361 g/mol. The molecule has 3 rings (SSSR count). The van der Waals surface area contributed by atoms with Crippen molar-refractivity contribution in [2.75, 3.05) is 0 Å². The number of fused-ring (bicyclic) bond motifs is 1. The molecule has 3 aromatic rings. The van der Waals surface area contributed by atoms with E-state index in [0.717, 1.165) is 10.9 Å². The van der Waals surface area contributed by atoms with E-state index in [0.29, 0.717) is 11.1 Å². The second-order valence-corrected chi connectivity index (χ2v) is 7.63. The summed E-state index contributed by atoms with van der Waals surface area (Å²) in [4.78, 5) is 29.3. The van der Waals surface area contributed by atoms with Gasteiger partial charge in [-0.1, -0.05) is 69.3 Å². The second kappa shape index (κ2) is 7.31. The number of benzene rings is 2. The SMILES string of the molecule is C[C@H](OC(=O)c1ccc2ccccc2n1)C(=O)c1ccc(C(C)(C)C)cc1. The lowest BCUT2D eigenvalue weighted by Crippen LogP contribution is -2.25. The Labute approximate surface area is 159 Å². The molecule has 0 N–H and O–H groups in total. The molecule has 138 valence electrons. The zero-order chi connectivity index (χ0) is 19.6. The van der Waals surface area contributed by atoms with Crippen molar-refractivity contribution in [2.45, 2.75) is 39.2 Å². The summed E-state index contributed by atoms with van der Waals surface area (Å²) >= 11 is 0. The first kappa shape index (κ1) is 18.8. The molecule has 0 unspecified atom stereocenters. The Morgan fingerprint density at radius 3 is 2.26 bits per heavy atom. The number of esters is 1. The Balaban J connectivity index is 1.72. The van der Waals surface area contributed by atoms with Crippen molar-refractivity contribution >= 4 is 22.7 Å². The van der Waals surface area contributed by atoms with E-state index in [4.69, 9.17) is 4.74 Å². The Hall–Kier alpha value is -3.01. The van der Waals surface area contributed by atoms with Crippen LogP contribution in [0.3, 0.4) is 0 Å². The van der Waals surface area contributed by atoms with Crippen molar-refractivity contribution in [3.8, 4) is 0 Å². The molecule has 0 aliphatic heterocycles. The molecule has 0 radical (unpaired) electrons. The minimum absolute atomic E-state index is 0.0153. The Morgan fingerprint density at radius 1 is 0.926 bits per heavy atom. The fraction of sp³-hybridized carbons (Fsp3) is 0.261. The van der Waals surface area contributed by atoms with Crippen LogP contribution in [0.2, 0.25) is 0 Å². The molecule has 0 amide bonds. The van der Waals surface area contributed by atoms with Crippen LogP contribution in [0.5, 0.6) is 0 Å². The molecular weight excluding hydrogens is 338 g/mol. The summed E-state index contributed by atoms with van der Waals surface area (Å²) in [6, 6.07) is 18.4. The van der Waals surface area contributed by atoms with Crippen LogP contribution in [0, 0.1) is 0 Å². The third-order valence-electron chi connectivity index (χ3n) is 4.50. The number of carbonyl (C=O) groups excluding carboxylic acids is 2. The van der Waals surface area contributed by atoms with Gasteiger partial charge in [0.1, 0.15) is 5.69 Å². The molecule has 1 heterocycles. The molecule has 2 aromatic carbocycles. The number of pyridine rings is 1. The van der Waals surface area contributed by atoms with E-state index >= 15 is 0 Å². The molecule has 0 aliphatic carbocycles. The monoisotopic (exact) mass is 361 g/mol. The van der Waals surface area contributed by atoms with Crippen molar-refractivity contribution in [3.05, 3.63) is 77.5 Å². The van der Waals surface area contributed by atoms with Crippen molar-refractivity contribution in [1.82, 2.24) is 4.98 Å². The highest BCUT2D eigenvalue weighted by atomic mass is 16.5. The molecule has 0 bridgehead atoms. The smallest absolute Gasteiger partial charge is 0.357 e. The quantitative estimate of drug-likeness (QED) is 0.487. The van der Waals surface area contributed by atoms with E-state index in [1.807, 2.05) is 42.5 Å². The van der Waals surface area contributed by atoms with Gasteiger partial charge in [0.25, 0.3) is 0 Å². The maximum absolute atomic E-state index is 12.6. The lowest BCUT2D eigenvalue weighted by molar-refractivity contribution is 0.0313. The first-order chi connectivity index (χ1) is 12.8. The largest absolute Gasteiger partial charge is 0.450 e. The average Bonchev–Trinajstić information content (AvgIpc) is 2.66. The minimum atomic E-state index is -0.883. The van der Waals surface area contributed by atoms with Crippen LogP contribution in [-0.4, -0.2) is 22.8 Å². The van der Waals surface area contributed by atoms with Crippen LogP contribution in [0.4, 0.5) is 0 Å². The summed E-state index contributed by atoms with van der Waals surface area (Å²) in [6.45, 7) is 7.93. The summed E-state index contributed by atoms with van der Waals surface area (Å²) in [5.74, 6) is -0.836. The molecule has 1 atom stereocenters. The maximum atomic E-state index is 12.6. The molecule has 0 spiro atoms. The number of ether oxygens (including phenoxy) is 1. The van der Waals surface area contributed by atoms with E-state index in [1.165, 1.54) is 0 Å². The van der Waals surface area contributed by atoms with Gasteiger partial charge in [-0.25, -0.2) is 9.78 Å². The van der Waals surface area contributed by atoms with E-state index < -0.39 is 12.1 Å². The molecule has 0 aliphatic rings. The highest BCUT2D eigenvalue weighted by Gasteiger charge is 2.22. The molecule has 4 nitrogen and oxygen atoms in total. The van der Waals surface area contributed by atoms with Gasteiger partial charge in [-0.05, 0) is 30.0 Å². The zero-order valence-electron chi connectivity index (χ0n) is 16.0. The number of rotatable bonds is 4. The van der Waals surface area contributed by atoms with Crippen LogP contribution in [0.25, 0.3) is 10.9 Å². The van der Waals surface area contributed by atoms with Crippen LogP contribution in [-0.2, 0) is 10.2 Å². The van der Waals surface area contributed by atoms with Crippen LogP contribution in [0.15, 0.2) is 60.7 Å². The van der Waals surface area contributed by atoms with Gasteiger partial charge in [0, 0.05) is 10.9 Å². The van der Waals surface area contributed by atoms with Gasteiger partial charge in [0.2, 0.25) is 5.78 Å². The molecule has 0 fully saturated rings. The predicted molar refractivity (Wildman–Crippen MR) is 106 cm³/mol. The first-order valence-corrected chi connectivity index (χ1v) is 8.97. The summed E-state index contributed by atoms with van der Waals surface area (Å²) in [7, 11) is 0. The van der Waals surface area contributed by atoms with Crippen molar-refractivity contribution in [1.29, 1.82) is 0 Å². The Morgan fingerprint density at radius 2 is 1.59 bits per heavy atom. The lowest BCUT2D eigenvalue weighted by atomic mass is 9.86. The number of para-hydroxylation sites is 1. The van der Waals surface area contributed by atoms with E-state index in [1.54, 1.807) is 25.1 Å². The fourth-order valence-electron chi connectivity index (χ4n) is 2.82. The summed E-state index contributed by atoms with van der Waals surface area (Å²) in [5.41, 5.74) is 2.58. The predicted octanol–water partition coefficient (Wildman–Crippen LogP) is 4.96. The highest BCUT2D eigenvalue weighted by molar-refractivity contribution is 6.01. The standard InChI is InChI=1S/C23H23NO3/c1-15(21(25)17-9-12-18(13-10-17)23(2,3)4)27-22(26)20-14-11-16-7-5-6-8-19(16)24-20/h5-15H,1-4H3/t15-/m0/s1. The van der Waals surface area contributed by atoms with Gasteiger partial charge < -0.3 is 4.74 Å². The Bertz CT molecular complexity index is 984. The first-order valence-electron chi connectivity index (χ1n) is 8.97. The van der Waals surface area contributed by atoms with E-state index in [-0.39, 0.29) is 16.9 Å². The van der Waals surface area contributed by atoms with E-state index in [9.17, 15) is 9.59 Å². The number of hydrogen-bond acceptors (Lipinski definition) is 4. The van der Waals surface area contributed by atoms with Gasteiger partial charge in [-0.3, -0.25) is 4.79 Å². The molecule has 0 saturated heterocycles. The van der Waals surface area contributed by atoms with Gasteiger partial charge >= 0.3 is 5.97 Å².